The summed E-state index contributed by atoms with van der Waals surface area (Å²) in [6.45, 7) is 8.55. The molecule has 0 heterocycles. The number of ether oxygens (including phenoxy) is 1. The van der Waals surface area contributed by atoms with Gasteiger partial charge in [-0.05, 0) is 37.5 Å². The summed E-state index contributed by atoms with van der Waals surface area (Å²) in [5.41, 5.74) is 1.07. The van der Waals surface area contributed by atoms with E-state index in [9.17, 15) is 9.59 Å². The highest BCUT2D eigenvalue weighted by Crippen LogP contribution is 2.22. The maximum atomic E-state index is 12.9. The predicted molar refractivity (Wildman–Crippen MR) is 157 cm³/mol. The maximum Gasteiger partial charge on any atom is 0.255 e. The first kappa shape index (κ1) is 33.0. The zero-order valence-corrected chi connectivity index (χ0v) is 24.3. The smallest absolute Gasteiger partial charge is 0.255 e. The van der Waals surface area contributed by atoms with Gasteiger partial charge in [0.05, 0.1) is 12.2 Å². The van der Waals surface area contributed by atoms with Crippen LogP contribution in [-0.2, 0) is 0 Å². The van der Waals surface area contributed by atoms with E-state index in [0.717, 1.165) is 38.5 Å². The maximum absolute atomic E-state index is 12.9. The molecule has 1 rings (SSSR count). The molecule has 0 saturated heterocycles. The molecule has 0 saturated carbocycles. The van der Waals surface area contributed by atoms with Crippen molar-refractivity contribution in [3.8, 4) is 5.75 Å². The van der Waals surface area contributed by atoms with Crippen LogP contribution >= 0.6 is 0 Å². The largest absolute Gasteiger partial charge is 0.493 e. The molecule has 0 unspecified atom stereocenters. The molecule has 0 bridgehead atoms. The minimum absolute atomic E-state index is 0.100. The summed E-state index contributed by atoms with van der Waals surface area (Å²) in [4.78, 5) is 25.6. The van der Waals surface area contributed by atoms with E-state index in [1.165, 1.54) is 77.0 Å². The van der Waals surface area contributed by atoms with E-state index in [2.05, 4.69) is 31.4 Å². The molecule has 0 aromatic heterocycles. The highest BCUT2D eigenvalue weighted by molar-refractivity contribution is 6.00. The lowest BCUT2D eigenvalue weighted by atomic mass is 10.1. The zero-order valence-electron chi connectivity index (χ0n) is 24.3. The quantitative estimate of drug-likeness (QED) is 0.135. The van der Waals surface area contributed by atoms with Gasteiger partial charge < -0.3 is 15.4 Å². The minimum Gasteiger partial charge on any atom is -0.493 e. The van der Waals surface area contributed by atoms with Gasteiger partial charge in [-0.1, -0.05) is 117 Å². The molecule has 0 radical (unpaired) electrons. The van der Waals surface area contributed by atoms with Gasteiger partial charge in [-0.3, -0.25) is 9.59 Å². The van der Waals surface area contributed by atoms with Crippen LogP contribution in [0.4, 0.5) is 0 Å². The average Bonchev–Trinajstić information content (AvgIpc) is 2.91. The Balaban J connectivity index is 2.57. The van der Waals surface area contributed by atoms with E-state index in [-0.39, 0.29) is 11.8 Å². The SMILES string of the molecule is CCCCCCCCCNC(=O)c1ccc(C(=O)NCCCCCCCCC)c(OCCCCCC)c1. The van der Waals surface area contributed by atoms with Crippen LogP contribution in [0.2, 0.25) is 0 Å². The molecule has 0 fully saturated rings. The fraction of sp³-hybridized carbons (Fsp3) is 0.750. The van der Waals surface area contributed by atoms with Crippen molar-refractivity contribution in [3.05, 3.63) is 29.3 Å². The van der Waals surface area contributed by atoms with Gasteiger partial charge in [0.25, 0.3) is 11.8 Å². The molecule has 1 aromatic rings. The van der Waals surface area contributed by atoms with Gasteiger partial charge >= 0.3 is 0 Å². The molecule has 37 heavy (non-hydrogen) atoms. The van der Waals surface area contributed by atoms with Gasteiger partial charge in [-0.15, -0.1) is 0 Å². The summed E-state index contributed by atoms with van der Waals surface area (Å²) in [5, 5.41) is 6.08. The van der Waals surface area contributed by atoms with E-state index < -0.39 is 0 Å². The second-order valence-electron chi connectivity index (χ2n) is 10.4. The van der Waals surface area contributed by atoms with Crippen LogP contribution in [0.25, 0.3) is 0 Å². The Morgan fingerprint density at radius 2 is 1.05 bits per heavy atom. The van der Waals surface area contributed by atoms with Crippen molar-refractivity contribution in [3.63, 3.8) is 0 Å². The third kappa shape index (κ3) is 16.4. The number of unbranched alkanes of at least 4 members (excludes halogenated alkanes) is 15. The molecule has 1 aromatic carbocycles. The highest BCUT2D eigenvalue weighted by atomic mass is 16.5. The Labute approximate surface area is 227 Å². The number of carbonyl (C=O) groups excluding carboxylic acids is 2. The lowest BCUT2D eigenvalue weighted by Gasteiger charge is -2.14. The van der Waals surface area contributed by atoms with Crippen molar-refractivity contribution >= 4 is 11.8 Å². The number of rotatable bonds is 24. The van der Waals surface area contributed by atoms with Crippen LogP contribution in [0.1, 0.15) is 157 Å². The minimum atomic E-state index is -0.121. The number of nitrogens with one attached hydrogen (secondary N) is 2. The van der Waals surface area contributed by atoms with Crippen LogP contribution in [-0.4, -0.2) is 31.5 Å². The van der Waals surface area contributed by atoms with Crippen molar-refractivity contribution < 1.29 is 14.3 Å². The summed E-state index contributed by atoms with van der Waals surface area (Å²) >= 11 is 0. The topological polar surface area (TPSA) is 67.4 Å². The molecule has 0 aliphatic heterocycles. The Morgan fingerprint density at radius 3 is 1.59 bits per heavy atom. The summed E-state index contributed by atoms with van der Waals surface area (Å²) in [5.74, 6) is 0.290. The Hall–Kier alpha value is -2.04. The lowest BCUT2D eigenvalue weighted by Crippen LogP contribution is -2.26. The molecule has 0 aliphatic carbocycles. The van der Waals surface area contributed by atoms with Crippen LogP contribution in [0.15, 0.2) is 18.2 Å². The fourth-order valence-electron chi connectivity index (χ4n) is 4.45. The molecule has 2 N–H and O–H groups in total. The van der Waals surface area contributed by atoms with Crippen LogP contribution in [0.3, 0.4) is 0 Å². The lowest BCUT2D eigenvalue weighted by molar-refractivity contribution is 0.0937. The van der Waals surface area contributed by atoms with Gasteiger partial charge in [0.15, 0.2) is 0 Å². The molecule has 0 aliphatic rings. The Kier molecular flexibility index (Phi) is 20.6. The average molecular weight is 517 g/mol. The first-order valence-electron chi connectivity index (χ1n) is 15.5. The van der Waals surface area contributed by atoms with Gasteiger partial charge in [-0.25, -0.2) is 0 Å². The van der Waals surface area contributed by atoms with Crippen LogP contribution < -0.4 is 15.4 Å². The predicted octanol–water partition coefficient (Wildman–Crippen LogP) is 8.61. The van der Waals surface area contributed by atoms with E-state index in [0.29, 0.717) is 36.6 Å². The molecular weight excluding hydrogens is 460 g/mol. The second kappa shape index (κ2) is 23.1. The van der Waals surface area contributed by atoms with Crippen molar-refractivity contribution in [2.24, 2.45) is 0 Å². The van der Waals surface area contributed by atoms with Crippen molar-refractivity contribution in [1.29, 1.82) is 0 Å². The van der Waals surface area contributed by atoms with Crippen molar-refractivity contribution in [2.75, 3.05) is 19.7 Å². The first-order valence-corrected chi connectivity index (χ1v) is 15.5. The highest BCUT2D eigenvalue weighted by Gasteiger charge is 2.16. The molecule has 0 atom stereocenters. The van der Waals surface area contributed by atoms with E-state index in [1.54, 1.807) is 18.2 Å². The fourth-order valence-corrected chi connectivity index (χ4v) is 4.45. The molecule has 5 heteroatoms. The molecular formula is C32H56N2O3. The van der Waals surface area contributed by atoms with Gasteiger partial charge in [0.2, 0.25) is 0 Å². The second-order valence-corrected chi connectivity index (χ2v) is 10.4. The monoisotopic (exact) mass is 516 g/mol. The number of hydrogen-bond acceptors (Lipinski definition) is 3. The van der Waals surface area contributed by atoms with Gasteiger partial charge in [0.1, 0.15) is 5.75 Å². The van der Waals surface area contributed by atoms with Gasteiger partial charge in [0, 0.05) is 18.7 Å². The summed E-state index contributed by atoms with van der Waals surface area (Å²) in [6, 6.07) is 5.22. The zero-order chi connectivity index (χ0) is 27.0. The van der Waals surface area contributed by atoms with Gasteiger partial charge in [-0.2, -0.15) is 0 Å². The summed E-state index contributed by atoms with van der Waals surface area (Å²) < 4.78 is 6.03. The van der Waals surface area contributed by atoms with E-state index in [4.69, 9.17) is 4.74 Å². The van der Waals surface area contributed by atoms with Crippen molar-refractivity contribution in [2.45, 2.75) is 136 Å². The van der Waals surface area contributed by atoms with E-state index in [1.807, 2.05) is 0 Å². The molecule has 5 nitrogen and oxygen atoms in total. The first-order chi connectivity index (χ1) is 18.1. The number of carbonyl (C=O) groups is 2. The third-order valence-corrected chi connectivity index (χ3v) is 6.88. The number of amides is 2. The standard InChI is InChI=1S/C32H56N2O3/c1-4-7-10-13-15-17-19-24-33-31(35)28-22-23-29(30(27-28)37-26-21-12-9-6-3)32(36)34-25-20-18-16-14-11-8-5-2/h22-23,27H,4-21,24-26H2,1-3H3,(H,33,35)(H,34,36). The normalized spacial score (nSPS) is 10.9. The van der Waals surface area contributed by atoms with Crippen LogP contribution in [0, 0.1) is 0 Å². The molecule has 212 valence electrons. The molecule has 0 spiro atoms. The Bertz CT molecular complexity index is 720. The number of benzene rings is 1. The third-order valence-electron chi connectivity index (χ3n) is 6.88. The van der Waals surface area contributed by atoms with E-state index >= 15 is 0 Å². The van der Waals surface area contributed by atoms with Crippen molar-refractivity contribution in [1.82, 2.24) is 10.6 Å². The Morgan fingerprint density at radius 1 is 0.595 bits per heavy atom. The summed E-state index contributed by atoms with van der Waals surface area (Å²) in [6.07, 6.45) is 21.5. The molecule has 2 amide bonds. The summed E-state index contributed by atoms with van der Waals surface area (Å²) in [7, 11) is 0. The number of hydrogen-bond donors (Lipinski definition) is 2. The van der Waals surface area contributed by atoms with Crippen LogP contribution in [0.5, 0.6) is 5.75 Å².